The molecule has 0 aliphatic heterocycles. The number of rotatable bonds is 14. The fourth-order valence-corrected chi connectivity index (χ4v) is 52.1. The molecule has 0 saturated heterocycles. The van der Waals surface area contributed by atoms with E-state index in [0.717, 1.165) is 0 Å². The Morgan fingerprint density at radius 2 is 0.326 bits per heavy atom. The van der Waals surface area contributed by atoms with Gasteiger partial charge in [-0.05, 0) is 0 Å². The Kier molecular flexibility index (Phi) is 37.3. The van der Waals surface area contributed by atoms with Gasteiger partial charge in [0.15, 0.2) is 0 Å². The highest BCUT2D eigenvalue weighted by Gasteiger charge is 2.82. The van der Waals surface area contributed by atoms with Crippen LogP contribution in [0.15, 0.2) is 0 Å². The maximum absolute atomic E-state index is 2.84. The summed E-state index contributed by atoms with van der Waals surface area (Å²) < 4.78 is -1.34. The molecule has 31 heteroatoms. The summed E-state index contributed by atoms with van der Waals surface area (Å²) in [5.74, 6) is 0. The van der Waals surface area contributed by atoms with Crippen LogP contribution < -0.4 is 0 Å². The van der Waals surface area contributed by atoms with Gasteiger partial charge in [0.2, 0.25) is 0 Å². The largest absolute Gasteiger partial charge is 0.149 e. The first-order chi connectivity index (χ1) is 19.2. The Bertz CT molecular complexity index is 1100. The van der Waals surface area contributed by atoms with Crippen molar-refractivity contribution in [3.05, 3.63) is 0 Å². The summed E-state index contributed by atoms with van der Waals surface area (Å²) in [5, 5.41) is 0. The third-order valence-electron chi connectivity index (χ3n) is 5.39. The van der Waals surface area contributed by atoms with Crippen LogP contribution in [0.1, 0.15) is 0 Å². The zero-order chi connectivity index (χ0) is 38.6. The van der Waals surface area contributed by atoms with Gasteiger partial charge in [0.1, 0.15) is 18.0 Å². The third-order valence-corrected chi connectivity index (χ3v) is 112. The van der Waals surface area contributed by atoms with Crippen LogP contribution in [0.25, 0.3) is 0 Å². The summed E-state index contributed by atoms with van der Waals surface area (Å²) >= 11 is 85.9. The van der Waals surface area contributed by atoms with Gasteiger partial charge in [-0.15, -0.1) is 0 Å². The molecule has 0 fully saturated rings. The average Bonchev–Trinajstić information content (AvgIpc) is 2.81. The Hall–Kier alpha value is 22.6. The predicted molar refractivity (Wildman–Crippen MR) is 477 cm³/mol. The second-order valence-corrected chi connectivity index (χ2v) is 93.3. The van der Waals surface area contributed by atoms with Crippen molar-refractivity contribution in [1.82, 2.24) is 0 Å². The van der Waals surface area contributed by atoms with Crippen LogP contribution >= 0.6 is 700 Å². The van der Waals surface area contributed by atoms with E-state index >= 15 is 0 Å². The van der Waals surface area contributed by atoms with Crippen molar-refractivity contribution < 1.29 is 0 Å². The van der Waals surface area contributed by atoms with E-state index in [-0.39, 0.29) is 18.0 Å². The van der Waals surface area contributed by atoms with Gasteiger partial charge in [-0.3, -0.25) is 0 Å². The maximum Gasteiger partial charge on any atom is 0.149 e. The van der Waals surface area contributed by atoms with E-state index in [9.17, 15) is 0 Å². The van der Waals surface area contributed by atoms with Crippen molar-refractivity contribution in [2.75, 3.05) is 0 Å². The van der Waals surface area contributed by atoms with Crippen molar-refractivity contribution in [2.24, 2.45) is 0 Å². The molecule has 0 N–H and O–H groups in total. The van der Waals surface area contributed by atoms with Gasteiger partial charge in [-0.25, -0.2) is 0 Å². The first-order valence-corrected chi connectivity index (χ1v) is 43.2. The average molecular weight is 4120 g/mol. The molecule has 0 heterocycles. The summed E-state index contributed by atoms with van der Waals surface area (Å²) in [6.45, 7) is 0. The molecule has 0 spiro atoms. The van der Waals surface area contributed by atoms with Crippen LogP contribution in [0.4, 0.5) is 0 Å². The van der Waals surface area contributed by atoms with E-state index in [2.05, 4.69) is 700 Å². The summed E-state index contributed by atoms with van der Waals surface area (Å²) in [6.07, 6.45) is 0. The Labute approximate surface area is 695 Å². The van der Waals surface area contributed by atoms with E-state index in [4.69, 9.17) is 0 Å². The predicted octanol–water partition coefficient (Wildman–Crippen LogP) is 24.5. The van der Waals surface area contributed by atoms with Gasteiger partial charge in [-0.1, -0.05) is 700 Å². The third kappa shape index (κ3) is 13.5. The van der Waals surface area contributed by atoms with E-state index in [1.807, 2.05) is 0 Å². The zero-order valence-electron chi connectivity index (χ0n) is 19.3. The Morgan fingerprint density at radius 3 is 0.457 bits per heavy atom. The topological polar surface area (TPSA) is 0 Å². The number of hydrogen-bond donors (Lipinski definition) is 0. The van der Waals surface area contributed by atoms with E-state index < -0.39 is 0 Å². The molecular weight excluding hydrogens is 4110 g/mol. The SMILES string of the molecule is IC(I)C(I)(I)C(I)(I)C(I)(I)C(I)(I)C(I)(I)C(I)(I)C(I)(I)C(I)(I)C(I)(I)C(I)(I)C(I)(I)C(I)(I)C(I)(I)C(I)(I)I. The van der Waals surface area contributed by atoms with E-state index in [1.165, 1.54) is 0 Å². The highest BCUT2D eigenvalue weighted by atomic mass is 127. The lowest BCUT2D eigenvalue weighted by Crippen LogP contribution is -2.72. The Morgan fingerprint density at radius 1 is 0.196 bits per heavy atom. The fraction of sp³-hybridized carbons (Fsp3) is 1.00. The van der Waals surface area contributed by atoms with Crippen LogP contribution in [0.2, 0.25) is 0 Å². The van der Waals surface area contributed by atoms with E-state index in [1.54, 1.807) is 0 Å². The summed E-state index contributed by atoms with van der Waals surface area (Å²) in [7, 11) is 0. The molecule has 0 unspecified atom stereocenters. The second-order valence-electron chi connectivity index (χ2n) is 8.31. The molecule has 0 saturated carbocycles. The van der Waals surface area contributed by atoms with Crippen LogP contribution in [0.3, 0.4) is 0 Å². The van der Waals surface area contributed by atoms with Gasteiger partial charge in [0.25, 0.3) is 0 Å². The molecule has 0 nitrogen and oxygen atoms in total. The lowest BCUT2D eigenvalue weighted by atomic mass is 10.0. The smallest absolute Gasteiger partial charge is 0.0686 e. The first kappa shape index (κ1) is 68.6. The van der Waals surface area contributed by atoms with Crippen molar-refractivity contribution in [3.8, 4) is 0 Å². The van der Waals surface area contributed by atoms with E-state index in [0.29, 0.717) is 1.93 Å². The normalized spacial score (nSPS) is 17.2. The quantitative estimate of drug-likeness (QED) is 0.120. The lowest BCUT2D eigenvalue weighted by molar-refractivity contribution is 0.621. The van der Waals surface area contributed by atoms with Gasteiger partial charge in [0.05, 0.1) is 1.93 Å². The minimum absolute atomic E-state index is 0.0154. The molecule has 0 aromatic heterocycles. The molecule has 0 bridgehead atoms. The number of alkyl halides is 31. The highest BCUT2D eigenvalue weighted by Crippen LogP contribution is 2.84. The highest BCUT2D eigenvalue weighted by molar-refractivity contribution is 14.3. The van der Waals surface area contributed by atoms with Crippen LogP contribution in [0.5, 0.6) is 0 Å². The summed E-state index contributed by atoms with van der Waals surface area (Å²) in [6, 6.07) is 0. The molecule has 0 aliphatic rings. The molecular formula is C15HI31. The molecule has 0 rings (SSSR count). The van der Waals surface area contributed by atoms with Crippen molar-refractivity contribution in [3.63, 3.8) is 0 Å². The van der Waals surface area contributed by atoms with Crippen molar-refractivity contribution in [2.45, 2.75) is 19.9 Å². The molecule has 0 aromatic carbocycles. The summed E-state index contributed by atoms with van der Waals surface area (Å²) in [4.78, 5) is 0. The molecule has 0 atom stereocenters. The Balaban J connectivity index is 7.57. The second kappa shape index (κ2) is 25.0. The molecule has 0 aromatic rings. The van der Waals surface area contributed by atoms with Crippen molar-refractivity contribution >= 4 is 700 Å². The van der Waals surface area contributed by atoms with Gasteiger partial charge in [-0.2, -0.15) is 0 Å². The zero-order valence-corrected chi connectivity index (χ0v) is 86.2. The lowest BCUT2D eigenvalue weighted by Gasteiger charge is -2.62. The minimum Gasteiger partial charge on any atom is -0.0686 e. The summed E-state index contributed by atoms with van der Waals surface area (Å²) in [5.41, 5.74) is 0. The molecule has 0 amide bonds. The van der Waals surface area contributed by atoms with Gasteiger partial charge in [0, 0.05) is 0 Å². The molecule has 46 heavy (non-hydrogen) atoms. The standard InChI is InChI=1S/C15HI31/c16-1(17)2(18,19)3(20,21)4(22,23)5(24,25)6(26,27)7(28,29)8(30,31)9(32,33)10(34,35)11(36,37)12(38,39)13(40,41)14(42,43)15(44,45)46/h1H. The van der Waals surface area contributed by atoms with Crippen LogP contribution in [0, 0.1) is 0 Å². The van der Waals surface area contributed by atoms with Gasteiger partial charge >= 0.3 is 0 Å². The van der Waals surface area contributed by atoms with Gasteiger partial charge < -0.3 is 0 Å². The first-order valence-electron chi connectivity index (χ1n) is 9.46. The molecule has 278 valence electrons. The van der Waals surface area contributed by atoms with Crippen molar-refractivity contribution in [1.29, 1.82) is 0 Å². The van der Waals surface area contributed by atoms with Crippen LogP contribution in [-0.2, 0) is 0 Å². The molecule has 0 radical (unpaired) electrons. The fourth-order valence-electron chi connectivity index (χ4n) is 2.50. The maximum atomic E-state index is 2.84. The minimum atomic E-state index is -0.205. The monoisotopic (exact) mass is 4120 g/mol. The number of halogens is 31. The number of hydrogen-bond acceptors (Lipinski definition) is 0. The molecule has 0 aliphatic carbocycles. The van der Waals surface area contributed by atoms with Crippen LogP contribution in [-0.4, -0.2) is 19.9 Å².